The van der Waals surface area contributed by atoms with Gasteiger partial charge in [-0.25, -0.2) is 4.79 Å². The van der Waals surface area contributed by atoms with Gasteiger partial charge in [-0.3, -0.25) is 9.69 Å². The Morgan fingerprint density at radius 1 is 1.13 bits per heavy atom. The van der Waals surface area contributed by atoms with Crippen molar-refractivity contribution in [2.45, 2.75) is 25.8 Å². The minimum Gasteiger partial charge on any atom is -0.486 e. The number of carbonyl (C=O) groups is 2. The van der Waals surface area contributed by atoms with Crippen molar-refractivity contribution in [2.24, 2.45) is 5.92 Å². The average molecular weight is 407 g/mol. The van der Waals surface area contributed by atoms with Gasteiger partial charge in [0.25, 0.3) is 5.91 Å². The number of hydrogen-bond donors (Lipinski definition) is 2. The first kappa shape index (κ1) is 18.8. The Bertz CT molecular complexity index is 1000. The molecule has 1 atom stereocenters. The summed E-state index contributed by atoms with van der Waals surface area (Å²) in [5, 5.41) is 6.02. The third-order valence-electron chi connectivity index (χ3n) is 5.91. The highest BCUT2D eigenvalue weighted by Gasteiger charge is 2.34. The molecule has 30 heavy (non-hydrogen) atoms. The molecule has 2 aromatic carbocycles. The van der Waals surface area contributed by atoms with E-state index in [1.165, 1.54) is 0 Å². The highest BCUT2D eigenvalue weighted by Crippen LogP contribution is 2.43. The molecule has 7 nitrogen and oxygen atoms in total. The van der Waals surface area contributed by atoms with Gasteiger partial charge in [0.15, 0.2) is 11.5 Å². The summed E-state index contributed by atoms with van der Waals surface area (Å²) in [6.07, 6.45) is 2.20. The van der Waals surface area contributed by atoms with Crippen molar-refractivity contribution in [1.29, 1.82) is 0 Å². The lowest BCUT2D eigenvalue weighted by Gasteiger charge is -2.23. The molecule has 0 aromatic heterocycles. The number of rotatable bonds is 5. The molecular weight excluding hydrogens is 382 g/mol. The van der Waals surface area contributed by atoms with Gasteiger partial charge in [0.2, 0.25) is 0 Å². The van der Waals surface area contributed by atoms with Gasteiger partial charge >= 0.3 is 6.03 Å². The molecule has 3 aliphatic rings. The molecule has 2 N–H and O–H groups in total. The Morgan fingerprint density at radius 2 is 1.93 bits per heavy atom. The van der Waals surface area contributed by atoms with Crippen LogP contribution >= 0.6 is 0 Å². The van der Waals surface area contributed by atoms with Gasteiger partial charge in [-0.1, -0.05) is 6.07 Å². The van der Waals surface area contributed by atoms with Crippen LogP contribution in [-0.2, 0) is 0 Å². The number of aryl methyl sites for hydroxylation is 1. The van der Waals surface area contributed by atoms with Crippen LogP contribution in [0.1, 0.15) is 40.4 Å². The summed E-state index contributed by atoms with van der Waals surface area (Å²) < 4.78 is 11.3. The van der Waals surface area contributed by atoms with E-state index in [9.17, 15) is 9.59 Å². The Labute approximate surface area is 175 Å². The smallest absolute Gasteiger partial charge is 0.322 e. The molecular formula is C23H25N3O4. The lowest BCUT2D eigenvalue weighted by molar-refractivity contribution is 0.0931. The van der Waals surface area contributed by atoms with Gasteiger partial charge in [-0.2, -0.15) is 0 Å². The van der Waals surface area contributed by atoms with Crippen molar-refractivity contribution in [3.05, 3.63) is 53.1 Å². The van der Waals surface area contributed by atoms with E-state index in [1.54, 1.807) is 11.0 Å². The number of benzene rings is 2. The summed E-state index contributed by atoms with van der Waals surface area (Å²) in [5.74, 6) is 1.82. The number of amides is 3. The lowest BCUT2D eigenvalue weighted by atomic mass is 10.0. The van der Waals surface area contributed by atoms with Crippen molar-refractivity contribution in [3.8, 4) is 11.5 Å². The van der Waals surface area contributed by atoms with Crippen LogP contribution in [0, 0.1) is 12.8 Å². The first-order valence-electron chi connectivity index (χ1n) is 10.5. The van der Waals surface area contributed by atoms with E-state index in [-0.39, 0.29) is 18.0 Å². The van der Waals surface area contributed by atoms with Crippen LogP contribution in [0.3, 0.4) is 0 Å². The molecule has 1 unspecified atom stereocenters. The van der Waals surface area contributed by atoms with Crippen LogP contribution in [0.5, 0.6) is 11.5 Å². The van der Waals surface area contributed by atoms with E-state index < -0.39 is 0 Å². The minimum absolute atomic E-state index is 0.0577. The van der Waals surface area contributed by atoms with Crippen molar-refractivity contribution in [1.82, 2.24) is 10.6 Å². The summed E-state index contributed by atoms with van der Waals surface area (Å²) in [5.41, 5.74) is 3.38. The SMILES string of the molecule is Cc1cc(C(=O)NC(c2ccc3c(c2)OCCO3)C2CC2)ccc1N1CCNC1=O. The second kappa shape index (κ2) is 7.55. The zero-order valence-corrected chi connectivity index (χ0v) is 16.9. The molecule has 0 bridgehead atoms. The first-order valence-corrected chi connectivity index (χ1v) is 10.5. The van der Waals surface area contributed by atoms with Gasteiger partial charge in [-0.15, -0.1) is 0 Å². The third-order valence-corrected chi connectivity index (χ3v) is 5.91. The fourth-order valence-electron chi connectivity index (χ4n) is 4.18. The number of fused-ring (bicyclic) bond motifs is 1. The summed E-state index contributed by atoms with van der Waals surface area (Å²) >= 11 is 0. The maximum absolute atomic E-state index is 13.0. The second-order valence-electron chi connectivity index (χ2n) is 8.08. The molecule has 5 rings (SSSR count). The zero-order chi connectivity index (χ0) is 20.7. The fourth-order valence-corrected chi connectivity index (χ4v) is 4.18. The molecule has 2 heterocycles. The molecule has 7 heteroatoms. The molecule has 1 saturated carbocycles. The predicted octanol–water partition coefficient (Wildman–Crippen LogP) is 3.18. The zero-order valence-electron chi connectivity index (χ0n) is 16.9. The maximum atomic E-state index is 13.0. The van der Waals surface area contributed by atoms with Crippen LogP contribution in [0.15, 0.2) is 36.4 Å². The Balaban J connectivity index is 1.35. The molecule has 2 fully saturated rings. The maximum Gasteiger partial charge on any atom is 0.322 e. The molecule has 2 aliphatic heterocycles. The molecule has 0 spiro atoms. The van der Waals surface area contributed by atoms with Crippen molar-refractivity contribution < 1.29 is 19.1 Å². The number of ether oxygens (including phenoxy) is 2. The number of carbonyl (C=O) groups excluding carboxylic acids is 2. The van der Waals surface area contributed by atoms with Gasteiger partial charge in [0, 0.05) is 24.3 Å². The van der Waals surface area contributed by atoms with E-state index in [0.717, 1.165) is 41.2 Å². The Morgan fingerprint density at radius 3 is 2.63 bits per heavy atom. The summed E-state index contributed by atoms with van der Waals surface area (Å²) in [4.78, 5) is 26.7. The van der Waals surface area contributed by atoms with E-state index in [0.29, 0.717) is 37.8 Å². The van der Waals surface area contributed by atoms with Gasteiger partial charge < -0.3 is 20.1 Å². The average Bonchev–Trinajstić information content (AvgIpc) is 3.52. The van der Waals surface area contributed by atoms with Crippen LogP contribution in [0.4, 0.5) is 10.5 Å². The predicted molar refractivity (Wildman–Crippen MR) is 112 cm³/mol. The number of anilines is 1. The van der Waals surface area contributed by atoms with Crippen LogP contribution in [-0.4, -0.2) is 38.2 Å². The number of nitrogens with one attached hydrogen (secondary N) is 2. The number of nitrogens with zero attached hydrogens (tertiary/aromatic N) is 1. The summed E-state index contributed by atoms with van der Waals surface area (Å²) in [6.45, 7) is 4.30. The highest BCUT2D eigenvalue weighted by molar-refractivity contribution is 5.98. The van der Waals surface area contributed by atoms with Crippen LogP contribution in [0.2, 0.25) is 0 Å². The molecule has 1 saturated heterocycles. The summed E-state index contributed by atoms with van der Waals surface area (Å²) in [7, 11) is 0. The van der Waals surface area contributed by atoms with Gasteiger partial charge in [0.05, 0.1) is 6.04 Å². The van der Waals surface area contributed by atoms with E-state index in [4.69, 9.17) is 9.47 Å². The second-order valence-corrected chi connectivity index (χ2v) is 8.08. The van der Waals surface area contributed by atoms with E-state index >= 15 is 0 Å². The van der Waals surface area contributed by atoms with Crippen LogP contribution in [0.25, 0.3) is 0 Å². The normalized spacial score (nSPS) is 18.7. The quantitative estimate of drug-likeness (QED) is 0.798. The third kappa shape index (κ3) is 3.56. The van der Waals surface area contributed by atoms with E-state index in [2.05, 4.69) is 10.6 Å². The molecule has 0 radical (unpaired) electrons. The Kier molecular flexibility index (Phi) is 4.73. The summed E-state index contributed by atoms with van der Waals surface area (Å²) in [6, 6.07) is 11.3. The van der Waals surface area contributed by atoms with Crippen molar-refractivity contribution >= 4 is 17.6 Å². The molecule has 156 valence electrons. The minimum atomic E-state index is -0.109. The van der Waals surface area contributed by atoms with Crippen molar-refractivity contribution in [3.63, 3.8) is 0 Å². The Hall–Kier alpha value is -3.22. The van der Waals surface area contributed by atoms with Gasteiger partial charge in [-0.05, 0) is 67.1 Å². The largest absolute Gasteiger partial charge is 0.486 e. The lowest BCUT2D eigenvalue weighted by Crippen LogP contribution is -2.31. The number of urea groups is 1. The molecule has 1 aliphatic carbocycles. The molecule has 2 aromatic rings. The first-order chi connectivity index (χ1) is 14.6. The van der Waals surface area contributed by atoms with E-state index in [1.807, 2.05) is 37.3 Å². The molecule has 3 amide bonds. The highest BCUT2D eigenvalue weighted by atomic mass is 16.6. The van der Waals surface area contributed by atoms with Gasteiger partial charge in [0.1, 0.15) is 13.2 Å². The van der Waals surface area contributed by atoms with Crippen molar-refractivity contribution in [2.75, 3.05) is 31.2 Å². The standard InChI is InChI=1S/C23H25N3O4/c1-14-12-17(4-6-18(14)26-9-8-24-23(26)28)22(27)25-21(15-2-3-15)16-5-7-19-20(13-16)30-11-10-29-19/h4-7,12-13,15,21H,2-3,8-11H2,1H3,(H,24,28)(H,25,27). The monoisotopic (exact) mass is 407 g/mol. The van der Waals surface area contributed by atoms with Crippen LogP contribution < -0.4 is 25.0 Å². The fraction of sp³-hybridized carbons (Fsp3) is 0.391. The number of hydrogen-bond acceptors (Lipinski definition) is 4. The topological polar surface area (TPSA) is 79.9 Å².